The van der Waals surface area contributed by atoms with Crippen LogP contribution in [0.4, 0.5) is 0 Å². The van der Waals surface area contributed by atoms with E-state index in [1.807, 2.05) is 27.0 Å². The van der Waals surface area contributed by atoms with Crippen molar-refractivity contribution in [1.82, 2.24) is 10.0 Å². The highest BCUT2D eigenvalue weighted by atomic mass is 79.9. The zero-order valence-corrected chi connectivity index (χ0v) is 14.2. The maximum absolute atomic E-state index is 12.3. The highest BCUT2D eigenvalue weighted by Gasteiger charge is 2.19. The van der Waals surface area contributed by atoms with Crippen molar-refractivity contribution in [2.24, 2.45) is 5.92 Å². The van der Waals surface area contributed by atoms with Gasteiger partial charge in [0.2, 0.25) is 10.0 Å². The highest BCUT2D eigenvalue weighted by Crippen LogP contribution is 2.25. The van der Waals surface area contributed by atoms with E-state index in [4.69, 9.17) is 0 Å². The Morgan fingerprint density at radius 2 is 1.95 bits per heavy atom. The van der Waals surface area contributed by atoms with Crippen molar-refractivity contribution in [3.8, 4) is 0 Å². The Labute approximate surface area is 124 Å². The minimum atomic E-state index is -3.46. The molecule has 0 fully saturated rings. The molecule has 0 aliphatic rings. The smallest absolute Gasteiger partial charge is 0.240 e. The molecule has 0 saturated heterocycles. The third kappa shape index (κ3) is 4.56. The summed E-state index contributed by atoms with van der Waals surface area (Å²) >= 11 is 3.42. The van der Waals surface area contributed by atoms with Gasteiger partial charge >= 0.3 is 0 Å². The zero-order valence-electron chi connectivity index (χ0n) is 11.7. The fraction of sp³-hybridized carbons (Fsp3) is 0.538. The summed E-state index contributed by atoms with van der Waals surface area (Å²) in [6.45, 7) is 6.82. The summed E-state index contributed by atoms with van der Waals surface area (Å²) in [5.74, 6) is 0.277. The maximum atomic E-state index is 12.3. The normalized spacial score (nSPS) is 12.1. The van der Waals surface area contributed by atoms with Crippen molar-refractivity contribution >= 4 is 26.0 Å². The second-order valence-electron chi connectivity index (χ2n) is 4.98. The van der Waals surface area contributed by atoms with Crippen LogP contribution in [0.1, 0.15) is 25.0 Å². The van der Waals surface area contributed by atoms with E-state index in [9.17, 15) is 8.42 Å². The molecule has 0 aromatic heterocycles. The molecule has 0 aliphatic heterocycles. The Kier molecular flexibility index (Phi) is 5.98. The summed E-state index contributed by atoms with van der Waals surface area (Å²) in [7, 11) is -1.62. The Morgan fingerprint density at radius 1 is 1.32 bits per heavy atom. The SMILES string of the molecule is CNCc1cc(Br)c(C)c(S(=O)(=O)NCC(C)C)c1. The molecule has 2 N–H and O–H groups in total. The monoisotopic (exact) mass is 348 g/mol. The van der Waals surface area contributed by atoms with Crippen LogP contribution in [0.5, 0.6) is 0 Å². The summed E-state index contributed by atoms with van der Waals surface area (Å²) < 4.78 is 28.1. The molecule has 1 aromatic rings. The van der Waals surface area contributed by atoms with E-state index in [-0.39, 0.29) is 5.92 Å². The van der Waals surface area contributed by atoms with Gasteiger partial charge in [-0.2, -0.15) is 0 Å². The molecule has 0 heterocycles. The molecule has 0 atom stereocenters. The molecule has 0 bridgehead atoms. The van der Waals surface area contributed by atoms with E-state index >= 15 is 0 Å². The lowest BCUT2D eigenvalue weighted by Gasteiger charge is -2.14. The van der Waals surface area contributed by atoms with E-state index in [0.29, 0.717) is 18.0 Å². The van der Waals surface area contributed by atoms with Gasteiger partial charge in [0.25, 0.3) is 0 Å². The van der Waals surface area contributed by atoms with Gasteiger partial charge in [-0.3, -0.25) is 0 Å². The van der Waals surface area contributed by atoms with Gasteiger partial charge in [-0.15, -0.1) is 0 Å². The predicted molar refractivity (Wildman–Crippen MR) is 81.7 cm³/mol. The summed E-state index contributed by atoms with van der Waals surface area (Å²) in [4.78, 5) is 0.341. The van der Waals surface area contributed by atoms with Crippen LogP contribution in [0.25, 0.3) is 0 Å². The first-order valence-electron chi connectivity index (χ1n) is 6.21. The topological polar surface area (TPSA) is 58.2 Å². The summed E-state index contributed by atoms with van der Waals surface area (Å²) in [5.41, 5.74) is 1.67. The Morgan fingerprint density at radius 3 is 2.47 bits per heavy atom. The zero-order chi connectivity index (χ0) is 14.6. The quantitative estimate of drug-likeness (QED) is 0.829. The number of nitrogens with one attached hydrogen (secondary N) is 2. The molecule has 0 unspecified atom stereocenters. The summed E-state index contributed by atoms with van der Waals surface area (Å²) in [5, 5.41) is 3.02. The molecular weight excluding hydrogens is 328 g/mol. The van der Waals surface area contributed by atoms with Gasteiger partial charge in [-0.05, 0) is 43.1 Å². The van der Waals surface area contributed by atoms with Gasteiger partial charge in [-0.1, -0.05) is 29.8 Å². The van der Waals surface area contributed by atoms with Gasteiger partial charge in [0.05, 0.1) is 4.90 Å². The molecule has 108 valence electrons. The maximum Gasteiger partial charge on any atom is 0.240 e. The highest BCUT2D eigenvalue weighted by molar-refractivity contribution is 9.10. The lowest BCUT2D eigenvalue weighted by Crippen LogP contribution is -2.28. The number of hydrogen-bond donors (Lipinski definition) is 2. The molecule has 4 nitrogen and oxygen atoms in total. The van der Waals surface area contributed by atoms with Crippen molar-refractivity contribution in [2.75, 3.05) is 13.6 Å². The minimum absolute atomic E-state index is 0.277. The molecule has 0 amide bonds. The third-order valence-electron chi connectivity index (χ3n) is 2.71. The largest absolute Gasteiger partial charge is 0.316 e. The molecule has 1 rings (SSSR count). The van der Waals surface area contributed by atoms with Gasteiger partial charge in [0.1, 0.15) is 0 Å². The number of benzene rings is 1. The van der Waals surface area contributed by atoms with Crippen molar-refractivity contribution in [1.29, 1.82) is 0 Å². The molecule has 1 aromatic carbocycles. The van der Waals surface area contributed by atoms with E-state index in [2.05, 4.69) is 26.0 Å². The molecule has 0 aliphatic carbocycles. The van der Waals surface area contributed by atoms with Crippen LogP contribution in [0.2, 0.25) is 0 Å². The van der Waals surface area contributed by atoms with Crippen molar-refractivity contribution in [2.45, 2.75) is 32.2 Å². The Bertz CT molecular complexity index is 542. The molecule has 0 spiro atoms. The third-order valence-corrected chi connectivity index (χ3v) is 5.08. The lowest BCUT2D eigenvalue weighted by molar-refractivity contribution is 0.559. The van der Waals surface area contributed by atoms with Gasteiger partial charge in [0.15, 0.2) is 0 Å². The number of sulfonamides is 1. The summed E-state index contributed by atoms with van der Waals surface area (Å²) in [6.07, 6.45) is 0. The standard InChI is InChI=1S/C13H21BrN2O2S/c1-9(2)7-16-19(17,18)13-6-11(8-15-4)5-12(14)10(13)3/h5-6,9,15-16H,7-8H2,1-4H3. The van der Waals surface area contributed by atoms with E-state index in [1.165, 1.54) is 0 Å². The molecular formula is C13H21BrN2O2S. The average Bonchev–Trinajstić information content (AvgIpc) is 2.31. The number of halogens is 1. The minimum Gasteiger partial charge on any atom is -0.316 e. The first-order valence-corrected chi connectivity index (χ1v) is 8.49. The van der Waals surface area contributed by atoms with Crippen LogP contribution >= 0.6 is 15.9 Å². The molecule has 0 radical (unpaired) electrons. The molecule has 19 heavy (non-hydrogen) atoms. The van der Waals surface area contributed by atoms with Crippen molar-refractivity contribution in [3.63, 3.8) is 0 Å². The van der Waals surface area contributed by atoms with Gasteiger partial charge in [-0.25, -0.2) is 13.1 Å². The van der Waals surface area contributed by atoms with E-state index in [1.54, 1.807) is 13.0 Å². The fourth-order valence-corrected chi connectivity index (χ4v) is 3.81. The first kappa shape index (κ1) is 16.6. The first-order chi connectivity index (χ1) is 8.77. The van der Waals surface area contributed by atoms with Crippen LogP contribution in [0.15, 0.2) is 21.5 Å². The summed E-state index contributed by atoms with van der Waals surface area (Å²) in [6, 6.07) is 3.66. The van der Waals surface area contributed by atoms with Gasteiger partial charge in [0, 0.05) is 17.6 Å². The second-order valence-corrected chi connectivity index (χ2v) is 7.57. The van der Waals surface area contributed by atoms with E-state index in [0.717, 1.165) is 15.6 Å². The van der Waals surface area contributed by atoms with Crippen LogP contribution in [0.3, 0.4) is 0 Å². The molecule has 6 heteroatoms. The Balaban J connectivity index is 3.17. The average molecular weight is 349 g/mol. The molecule has 0 saturated carbocycles. The number of hydrogen-bond acceptors (Lipinski definition) is 3. The van der Waals surface area contributed by atoms with Crippen LogP contribution in [-0.2, 0) is 16.6 Å². The van der Waals surface area contributed by atoms with E-state index < -0.39 is 10.0 Å². The predicted octanol–water partition coefficient (Wildman–Crippen LogP) is 2.41. The fourth-order valence-electron chi connectivity index (χ4n) is 1.65. The van der Waals surface area contributed by atoms with Gasteiger partial charge < -0.3 is 5.32 Å². The van der Waals surface area contributed by atoms with Crippen molar-refractivity contribution < 1.29 is 8.42 Å². The van der Waals surface area contributed by atoms with Crippen LogP contribution in [0, 0.1) is 12.8 Å². The van der Waals surface area contributed by atoms with Crippen LogP contribution in [-0.4, -0.2) is 22.0 Å². The second kappa shape index (κ2) is 6.83. The lowest BCUT2D eigenvalue weighted by atomic mass is 10.1. The van der Waals surface area contributed by atoms with Crippen molar-refractivity contribution in [3.05, 3.63) is 27.7 Å². The Hall–Kier alpha value is -0.430. The van der Waals surface area contributed by atoms with Crippen LogP contribution < -0.4 is 10.0 Å². The number of rotatable bonds is 6.